The molecule has 0 aliphatic rings. The van der Waals surface area contributed by atoms with Gasteiger partial charge in [-0.1, -0.05) is 0 Å². The van der Waals surface area contributed by atoms with E-state index >= 15 is 0 Å². The molecule has 12 heteroatoms. The van der Waals surface area contributed by atoms with Gasteiger partial charge in [-0.3, -0.25) is 14.3 Å². The maximum Gasteiger partial charge on any atom is 0.274 e. The number of amides is 1. The molecular formula is C16H15N5O4S3. The summed E-state index contributed by atoms with van der Waals surface area (Å²) < 4.78 is 27.0. The van der Waals surface area contributed by atoms with E-state index in [0.717, 1.165) is 17.4 Å². The largest absolute Gasteiger partial charge is 0.321 e. The average molecular weight is 438 g/mol. The molecule has 0 bridgehead atoms. The lowest BCUT2D eigenvalue weighted by molar-refractivity contribution is 0.102. The van der Waals surface area contributed by atoms with E-state index in [1.54, 1.807) is 5.38 Å². The number of anilines is 2. The molecule has 2 aromatic heterocycles. The number of thioether (sulfide) groups is 1. The van der Waals surface area contributed by atoms with Crippen molar-refractivity contribution in [3.63, 3.8) is 0 Å². The third kappa shape index (κ3) is 4.97. The number of aromatic nitrogens is 3. The highest BCUT2D eigenvalue weighted by atomic mass is 32.2. The quantitative estimate of drug-likeness (QED) is 0.515. The van der Waals surface area contributed by atoms with Crippen LogP contribution in [-0.2, 0) is 15.8 Å². The van der Waals surface area contributed by atoms with Crippen LogP contribution in [-0.4, -0.2) is 35.5 Å². The third-order valence-electron chi connectivity index (χ3n) is 3.38. The van der Waals surface area contributed by atoms with Crippen LogP contribution < -0.4 is 15.6 Å². The van der Waals surface area contributed by atoms with Gasteiger partial charge in [-0.25, -0.2) is 18.4 Å². The zero-order chi connectivity index (χ0) is 20.1. The minimum atomic E-state index is -3.77. The summed E-state index contributed by atoms with van der Waals surface area (Å²) >= 11 is 2.63. The summed E-state index contributed by atoms with van der Waals surface area (Å²) in [6, 6.07) is 6.72. The number of hydrogen-bond donors (Lipinski definition) is 3. The number of nitrogens with one attached hydrogen (secondary N) is 3. The van der Waals surface area contributed by atoms with E-state index in [0.29, 0.717) is 17.3 Å². The molecule has 0 saturated carbocycles. The van der Waals surface area contributed by atoms with Gasteiger partial charge in [0, 0.05) is 23.3 Å². The van der Waals surface area contributed by atoms with Crippen molar-refractivity contribution in [2.75, 3.05) is 16.3 Å². The normalized spacial score (nSPS) is 11.2. The number of aromatic amines is 1. The molecule has 0 saturated heterocycles. The minimum Gasteiger partial charge on any atom is -0.321 e. The molecule has 0 radical (unpaired) electrons. The molecule has 0 unspecified atom stereocenters. The molecule has 0 fully saturated rings. The van der Waals surface area contributed by atoms with Crippen LogP contribution in [0.5, 0.6) is 0 Å². The number of carbonyl (C=O) groups is 1. The van der Waals surface area contributed by atoms with Crippen molar-refractivity contribution in [1.29, 1.82) is 0 Å². The van der Waals surface area contributed by atoms with Crippen molar-refractivity contribution in [1.82, 2.24) is 15.0 Å². The Balaban J connectivity index is 1.74. The van der Waals surface area contributed by atoms with Crippen LogP contribution >= 0.6 is 23.1 Å². The van der Waals surface area contributed by atoms with Gasteiger partial charge >= 0.3 is 0 Å². The van der Waals surface area contributed by atoms with E-state index < -0.39 is 21.5 Å². The summed E-state index contributed by atoms with van der Waals surface area (Å²) in [7, 11) is -3.77. The van der Waals surface area contributed by atoms with E-state index in [2.05, 4.69) is 25.0 Å². The standard InChI is InChI=1S/C16H15N5O4S3/c1-26-9-13-19-12(8-14(22)20-13)15(23)18-10-2-4-11(5-3-10)28(24,25)21-16-17-6-7-27-16/h2-8H,9H2,1H3,(H,17,21)(H,18,23)(H,19,20,22). The first-order chi connectivity index (χ1) is 13.4. The van der Waals surface area contributed by atoms with Gasteiger partial charge in [0.2, 0.25) is 0 Å². The fourth-order valence-electron chi connectivity index (χ4n) is 2.19. The number of thiazole rings is 1. The Morgan fingerprint density at radius 2 is 2.04 bits per heavy atom. The van der Waals surface area contributed by atoms with Crippen molar-refractivity contribution in [2.24, 2.45) is 0 Å². The van der Waals surface area contributed by atoms with Gasteiger partial charge in [0.25, 0.3) is 21.5 Å². The Morgan fingerprint density at radius 1 is 1.29 bits per heavy atom. The van der Waals surface area contributed by atoms with E-state index in [-0.39, 0.29) is 15.7 Å². The number of nitrogens with zero attached hydrogens (tertiary/aromatic N) is 2. The summed E-state index contributed by atoms with van der Waals surface area (Å²) in [5, 5.41) is 4.51. The van der Waals surface area contributed by atoms with Gasteiger partial charge in [0.15, 0.2) is 5.13 Å². The molecule has 3 N–H and O–H groups in total. The van der Waals surface area contributed by atoms with Crippen LogP contribution in [0.15, 0.2) is 51.6 Å². The third-order valence-corrected chi connectivity index (χ3v) is 6.12. The summed E-state index contributed by atoms with van der Waals surface area (Å²) in [5.41, 5.74) is -0.0690. The number of sulfonamides is 1. The smallest absolute Gasteiger partial charge is 0.274 e. The Hall–Kier alpha value is -2.70. The van der Waals surface area contributed by atoms with Gasteiger partial charge in [0.05, 0.1) is 10.6 Å². The van der Waals surface area contributed by atoms with Gasteiger partial charge in [-0.2, -0.15) is 11.8 Å². The molecule has 0 aliphatic carbocycles. The SMILES string of the molecule is CSCc1nc(C(=O)Nc2ccc(S(=O)(=O)Nc3nccs3)cc2)cc(=O)[nH]1. The predicted molar refractivity (Wildman–Crippen MR) is 109 cm³/mol. The topological polar surface area (TPSA) is 134 Å². The maximum atomic E-state index is 12.3. The zero-order valence-corrected chi connectivity index (χ0v) is 17.0. The highest BCUT2D eigenvalue weighted by Crippen LogP contribution is 2.19. The van der Waals surface area contributed by atoms with Gasteiger partial charge in [-0.05, 0) is 30.5 Å². The Kier molecular flexibility index (Phi) is 6.11. The second kappa shape index (κ2) is 8.54. The van der Waals surface area contributed by atoms with Crippen molar-refractivity contribution in [3.05, 3.63) is 63.8 Å². The first-order valence-electron chi connectivity index (χ1n) is 7.80. The summed E-state index contributed by atoms with van der Waals surface area (Å²) in [6.07, 6.45) is 3.35. The van der Waals surface area contributed by atoms with E-state index in [1.165, 1.54) is 42.2 Å². The lowest BCUT2D eigenvalue weighted by Crippen LogP contribution is -2.20. The lowest BCUT2D eigenvalue weighted by atomic mass is 10.3. The van der Waals surface area contributed by atoms with Gasteiger partial charge < -0.3 is 10.3 Å². The van der Waals surface area contributed by atoms with E-state index in [4.69, 9.17) is 0 Å². The molecule has 1 amide bonds. The molecular weight excluding hydrogens is 422 g/mol. The highest BCUT2D eigenvalue weighted by molar-refractivity contribution is 7.97. The molecule has 3 aromatic rings. The van der Waals surface area contributed by atoms with Gasteiger partial charge in [-0.15, -0.1) is 11.3 Å². The molecule has 0 atom stereocenters. The molecule has 0 aliphatic heterocycles. The summed E-state index contributed by atoms with van der Waals surface area (Å²) in [6.45, 7) is 0. The van der Waals surface area contributed by atoms with E-state index in [1.807, 2.05) is 6.26 Å². The van der Waals surface area contributed by atoms with Crippen LogP contribution in [0.25, 0.3) is 0 Å². The second-order valence-corrected chi connectivity index (χ2v) is 8.87. The van der Waals surface area contributed by atoms with Crippen LogP contribution in [0.3, 0.4) is 0 Å². The van der Waals surface area contributed by atoms with Crippen LogP contribution in [0.4, 0.5) is 10.8 Å². The fourth-order valence-corrected chi connectivity index (χ4v) is 4.39. The van der Waals surface area contributed by atoms with Crippen LogP contribution in [0.2, 0.25) is 0 Å². The monoisotopic (exact) mass is 437 g/mol. The van der Waals surface area contributed by atoms with Crippen molar-refractivity contribution in [2.45, 2.75) is 10.6 Å². The number of hydrogen-bond acceptors (Lipinski definition) is 8. The average Bonchev–Trinajstić information content (AvgIpc) is 3.14. The second-order valence-electron chi connectivity index (χ2n) is 5.43. The number of benzene rings is 1. The Morgan fingerprint density at radius 3 is 2.68 bits per heavy atom. The molecule has 2 heterocycles. The van der Waals surface area contributed by atoms with Crippen LogP contribution in [0.1, 0.15) is 16.3 Å². The minimum absolute atomic E-state index is 0.0186. The Bertz CT molecular complexity index is 1130. The first kappa shape index (κ1) is 20.0. The maximum absolute atomic E-state index is 12.3. The molecule has 146 valence electrons. The number of rotatable bonds is 7. The highest BCUT2D eigenvalue weighted by Gasteiger charge is 2.16. The Labute approximate surface area is 168 Å². The van der Waals surface area contributed by atoms with Gasteiger partial charge in [0.1, 0.15) is 11.5 Å². The van der Waals surface area contributed by atoms with Crippen molar-refractivity contribution < 1.29 is 13.2 Å². The summed E-state index contributed by atoms with van der Waals surface area (Å²) in [4.78, 5) is 34.6. The number of H-pyrrole nitrogens is 1. The first-order valence-corrected chi connectivity index (χ1v) is 11.6. The number of carbonyl (C=O) groups excluding carboxylic acids is 1. The molecule has 0 spiro atoms. The zero-order valence-electron chi connectivity index (χ0n) is 14.5. The molecule has 9 nitrogen and oxygen atoms in total. The lowest BCUT2D eigenvalue weighted by Gasteiger charge is -2.08. The fraction of sp³-hybridized carbons (Fsp3) is 0.125. The predicted octanol–water partition coefficient (Wildman–Crippen LogP) is 2.14. The van der Waals surface area contributed by atoms with E-state index in [9.17, 15) is 18.0 Å². The van der Waals surface area contributed by atoms with Crippen molar-refractivity contribution in [3.8, 4) is 0 Å². The van der Waals surface area contributed by atoms with Crippen molar-refractivity contribution >= 4 is 49.8 Å². The molecule has 1 aromatic carbocycles. The van der Waals surface area contributed by atoms with Crippen LogP contribution in [0, 0.1) is 0 Å². The summed E-state index contributed by atoms with van der Waals surface area (Å²) in [5.74, 6) is 0.305. The molecule has 28 heavy (non-hydrogen) atoms. The molecule has 3 rings (SSSR count).